The van der Waals surface area contributed by atoms with Crippen LogP contribution in [-0.4, -0.2) is 101 Å². The van der Waals surface area contributed by atoms with Crippen molar-refractivity contribution in [2.24, 2.45) is 11.8 Å². The van der Waals surface area contributed by atoms with Gasteiger partial charge in [-0.05, 0) is 31.9 Å². The van der Waals surface area contributed by atoms with Crippen LogP contribution in [0.5, 0.6) is 0 Å². The van der Waals surface area contributed by atoms with Crippen LogP contribution in [-0.2, 0) is 21.1 Å². The van der Waals surface area contributed by atoms with Gasteiger partial charge in [0, 0.05) is 38.0 Å². The summed E-state index contributed by atoms with van der Waals surface area (Å²) in [4.78, 5) is 47.3. The number of benzene rings is 1. The highest BCUT2D eigenvalue weighted by Gasteiger charge is 2.73. The number of hydrogen-bond donors (Lipinski definition) is 1. The standard InChI is InChI=1S/C27H32N6O4S/c1-26-11-7-13-30(2)23(35)20(26)21-24(36)32(15-5-6-16-34)22-25(37)31(14-8-12-27(21,22)38-26)17-33-19-10-4-3-9-18(19)28-29-33/h3-4,7-12,20-22,34H,5-6,13-17H2,1-2H3/t20-,21+,22?,26+,27+/m1/s1. The van der Waals surface area contributed by atoms with Crippen molar-refractivity contribution in [3.8, 4) is 0 Å². The highest BCUT2D eigenvalue weighted by molar-refractivity contribution is 8.02. The molecule has 0 aliphatic carbocycles. The summed E-state index contributed by atoms with van der Waals surface area (Å²) in [6, 6.07) is 6.84. The number of nitrogens with zero attached hydrogens (tertiary/aromatic N) is 6. The van der Waals surface area contributed by atoms with Crippen LogP contribution in [0.25, 0.3) is 11.0 Å². The molecule has 5 atom stereocenters. The van der Waals surface area contributed by atoms with Crippen molar-refractivity contribution in [1.29, 1.82) is 0 Å². The summed E-state index contributed by atoms with van der Waals surface area (Å²) in [6.07, 6.45) is 9.15. The topological polar surface area (TPSA) is 112 Å². The average Bonchev–Trinajstić information content (AvgIpc) is 3.43. The highest BCUT2D eigenvalue weighted by Crippen LogP contribution is 2.65. The number of aliphatic hydroxyl groups excluding tert-OH is 1. The van der Waals surface area contributed by atoms with E-state index < -0.39 is 27.4 Å². The van der Waals surface area contributed by atoms with E-state index >= 15 is 0 Å². The van der Waals surface area contributed by atoms with Crippen LogP contribution >= 0.6 is 11.8 Å². The van der Waals surface area contributed by atoms with Gasteiger partial charge in [-0.2, -0.15) is 0 Å². The predicted molar refractivity (Wildman–Crippen MR) is 143 cm³/mol. The zero-order chi connectivity index (χ0) is 26.7. The molecule has 2 aromatic rings. The molecule has 0 radical (unpaired) electrons. The van der Waals surface area contributed by atoms with Gasteiger partial charge in [0.1, 0.15) is 18.2 Å². The molecule has 1 N–H and O–H groups in total. The summed E-state index contributed by atoms with van der Waals surface area (Å²) in [5, 5.41) is 17.9. The van der Waals surface area contributed by atoms with Crippen LogP contribution in [0.4, 0.5) is 0 Å². The molecule has 10 nitrogen and oxygen atoms in total. The molecule has 2 fully saturated rings. The van der Waals surface area contributed by atoms with E-state index in [4.69, 9.17) is 0 Å². The molecule has 4 aliphatic heterocycles. The van der Waals surface area contributed by atoms with E-state index in [0.29, 0.717) is 32.5 Å². The Balaban J connectivity index is 1.41. The first-order valence-electron chi connectivity index (χ1n) is 13.1. The summed E-state index contributed by atoms with van der Waals surface area (Å²) >= 11 is 1.58. The largest absolute Gasteiger partial charge is 0.396 e. The lowest BCUT2D eigenvalue weighted by molar-refractivity contribution is -0.145. The summed E-state index contributed by atoms with van der Waals surface area (Å²) in [5.41, 5.74) is 1.57. The van der Waals surface area contributed by atoms with E-state index in [2.05, 4.69) is 16.4 Å². The molecule has 11 heteroatoms. The Hall–Kier alpha value is -3.18. The van der Waals surface area contributed by atoms with Gasteiger partial charge in [0.05, 0.1) is 22.1 Å². The molecule has 4 aliphatic rings. The second kappa shape index (κ2) is 9.23. The fraction of sp³-hybridized carbons (Fsp3) is 0.519. The lowest BCUT2D eigenvalue weighted by Gasteiger charge is -2.36. The van der Waals surface area contributed by atoms with Crippen molar-refractivity contribution in [3.05, 3.63) is 48.6 Å². The maximum Gasteiger partial charge on any atom is 0.248 e. The maximum atomic E-state index is 14.4. The average molecular weight is 537 g/mol. The first-order valence-corrected chi connectivity index (χ1v) is 13.9. The zero-order valence-electron chi connectivity index (χ0n) is 21.6. The molecule has 1 spiro atoms. The number of para-hydroxylation sites is 1. The molecule has 0 bridgehead atoms. The van der Waals surface area contributed by atoms with Crippen molar-refractivity contribution in [3.63, 3.8) is 0 Å². The third kappa shape index (κ3) is 3.62. The van der Waals surface area contributed by atoms with Crippen LogP contribution in [0.2, 0.25) is 0 Å². The number of carbonyl (C=O) groups is 3. The number of aliphatic hydroxyl groups is 1. The van der Waals surface area contributed by atoms with Gasteiger partial charge in [-0.25, -0.2) is 4.68 Å². The van der Waals surface area contributed by atoms with Gasteiger partial charge in [0.25, 0.3) is 0 Å². The van der Waals surface area contributed by atoms with Crippen molar-refractivity contribution >= 4 is 40.5 Å². The third-order valence-corrected chi connectivity index (χ3v) is 10.2. The molecular weight excluding hydrogens is 504 g/mol. The van der Waals surface area contributed by atoms with E-state index in [1.54, 1.807) is 38.2 Å². The number of thioether (sulfide) groups is 1. The molecular formula is C27H32N6O4S. The van der Waals surface area contributed by atoms with Crippen LogP contribution in [0.15, 0.2) is 48.6 Å². The lowest BCUT2D eigenvalue weighted by Crippen LogP contribution is -2.53. The maximum absolute atomic E-state index is 14.4. The number of carbonyl (C=O) groups excluding carboxylic acids is 3. The number of hydrogen-bond acceptors (Lipinski definition) is 7. The van der Waals surface area contributed by atoms with E-state index in [0.717, 1.165) is 11.0 Å². The highest BCUT2D eigenvalue weighted by atomic mass is 32.2. The Labute approximate surface area is 225 Å². The van der Waals surface area contributed by atoms with Gasteiger partial charge in [0.2, 0.25) is 17.7 Å². The van der Waals surface area contributed by atoms with Crippen molar-refractivity contribution in [1.82, 2.24) is 29.7 Å². The van der Waals surface area contributed by atoms with Crippen LogP contribution in [0, 0.1) is 11.8 Å². The number of unbranched alkanes of at least 4 members (excludes halogenated alkanes) is 1. The minimum Gasteiger partial charge on any atom is -0.396 e. The number of amides is 3. The Morgan fingerprint density at radius 1 is 1.03 bits per heavy atom. The Bertz CT molecular complexity index is 1360. The zero-order valence-corrected chi connectivity index (χ0v) is 22.4. The number of fused-ring (bicyclic) bond motifs is 3. The smallest absolute Gasteiger partial charge is 0.248 e. The first-order chi connectivity index (χ1) is 18.3. The Morgan fingerprint density at radius 2 is 1.82 bits per heavy atom. The van der Waals surface area contributed by atoms with Gasteiger partial charge in [0.15, 0.2) is 0 Å². The summed E-state index contributed by atoms with van der Waals surface area (Å²) in [5.74, 6) is -1.60. The summed E-state index contributed by atoms with van der Waals surface area (Å²) in [6.45, 7) is 3.45. The van der Waals surface area contributed by atoms with E-state index in [-0.39, 0.29) is 31.0 Å². The lowest BCUT2D eigenvalue weighted by atomic mass is 9.74. The van der Waals surface area contributed by atoms with Crippen LogP contribution in [0.3, 0.4) is 0 Å². The fourth-order valence-electron chi connectivity index (χ4n) is 6.63. The molecule has 200 valence electrons. The fourth-order valence-corrected chi connectivity index (χ4v) is 8.79. The van der Waals surface area contributed by atoms with Gasteiger partial charge in [-0.3, -0.25) is 14.4 Å². The summed E-state index contributed by atoms with van der Waals surface area (Å²) < 4.78 is 0.224. The minimum absolute atomic E-state index is 0.0180. The van der Waals surface area contributed by atoms with Crippen LogP contribution < -0.4 is 0 Å². The van der Waals surface area contributed by atoms with E-state index in [1.807, 2.05) is 49.4 Å². The quantitative estimate of drug-likeness (QED) is 0.437. The monoisotopic (exact) mass is 536 g/mol. The van der Waals surface area contributed by atoms with Gasteiger partial charge >= 0.3 is 0 Å². The molecule has 1 aromatic heterocycles. The van der Waals surface area contributed by atoms with Gasteiger partial charge in [-0.15, -0.1) is 16.9 Å². The predicted octanol–water partition coefficient (Wildman–Crippen LogP) is 1.28. The molecule has 2 saturated heterocycles. The minimum atomic E-state index is -0.871. The Morgan fingerprint density at radius 3 is 2.63 bits per heavy atom. The second-order valence-corrected chi connectivity index (χ2v) is 12.6. The molecule has 1 aromatic carbocycles. The van der Waals surface area contributed by atoms with Crippen molar-refractivity contribution in [2.75, 3.05) is 33.3 Å². The van der Waals surface area contributed by atoms with Crippen molar-refractivity contribution in [2.45, 2.75) is 42.0 Å². The summed E-state index contributed by atoms with van der Waals surface area (Å²) in [7, 11) is 1.77. The van der Waals surface area contributed by atoms with E-state index in [9.17, 15) is 19.5 Å². The molecule has 6 rings (SSSR count). The number of likely N-dealkylation sites (tertiary alicyclic amines) is 1. The second-order valence-electron chi connectivity index (χ2n) is 10.8. The van der Waals surface area contributed by atoms with Crippen molar-refractivity contribution < 1.29 is 19.5 Å². The van der Waals surface area contributed by atoms with Gasteiger partial charge < -0.3 is 19.8 Å². The number of rotatable bonds is 6. The number of likely N-dealkylation sites (N-methyl/N-ethyl adjacent to an activating group) is 1. The molecule has 5 heterocycles. The van der Waals surface area contributed by atoms with Gasteiger partial charge in [-0.1, -0.05) is 41.7 Å². The number of aromatic nitrogens is 3. The molecule has 1 unspecified atom stereocenters. The van der Waals surface area contributed by atoms with Crippen LogP contribution in [0.1, 0.15) is 19.8 Å². The van der Waals surface area contributed by atoms with E-state index in [1.165, 1.54) is 0 Å². The Kier molecular flexibility index (Phi) is 6.10. The normalized spacial score (nSPS) is 32.6. The molecule has 3 amide bonds. The molecule has 0 saturated carbocycles. The first kappa shape index (κ1) is 25.1. The molecule has 38 heavy (non-hydrogen) atoms. The SMILES string of the molecule is CN1CC=C[C@]2(C)S[C@]34C=CCN(Cn5nnc6ccccc65)C(=O)C3N(CCCCO)C(=O)[C@@H]4[C@@H]2C1=O. The third-order valence-electron chi connectivity index (χ3n) is 8.37.